The van der Waals surface area contributed by atoms with Gasteiger partial charge in [0.05, 0.1) is 6.26 Å². The van der Waals surface area contributed by atoms with Gasteiger partial charge in [0.2, 0.25) is 10.0 Å². The zero-order valence-corrected chi connectivity index (χ0v) is 11.0. The molecule has 6 nitrogen and oxygen atoms in total. The Morgan fingerprint density at radius 2 is 1.81 bits per heavy atom. The van der Waals surface area contributed by atoms with Crippen LogP contribution in [0.15, 0.2) is 4.99 Å². The Balaban J connectivity index is 3.64. The first-order valence-electron chi connectivity index (χ1n) is 5.38. The molecule has 0 aliphatic heterocycles. The molecule has 96 valence electrons. The smallest absolute Gasteiger partial charge is 0.208 e. The summed E-state index contributed by atoms with van der Waals surface area (Å²) in [7, 11) is -1.41. The number of aliphatic imine (C=N–C) groups is 1. The number of hydrogen-bond acceptors (Lipinski definition) is 3. The highest BCUT2D eigenvalue weighted by molar-refractivity contribution is 7.88. The Hall–Kier alpha value is -0.820. The van der Waals surface area contributed by atoms with Gasteiger partial charge in [0.15, 0.2) is 5.96 Å². The van der Waals surface area contributed by atoms with Crippen LogP contribution in [0.1, 0.15) is 19.8 Å². The predicted molar refractivity (Wildman–Crippen MR) is 67.1 cm³/mol. The molecule has 0 heterocycles. The van der Waals surface area contributed by atoms with Crippen LogP contribution in [0.4, 0.5) is 0 Å². The number of rotatable bonds is 7. The molecule has 0 bridgehead atoms. The van der Waals surface area contributed by atoms with Crippen molar-refractivity contribution in [1.82, 2.24) is 15.4 Å². The van der Waals surface area contributed by atoms with Crippen molar-refractivity contribution in [3.05, 3.63) is 0 Å². The first-order chi connectivity index (χ1) is 7.49. The summed E-state index contributed by atoms with van der Waals surface area (Å²) in [5, 5.41) is 6.14. The van der Waals surface area contributed by atoms with Gasteiger partial charge >= 0.3 is 0 Å². The van der Waals surface area contributed by atoms with Gasteiger partial charge in [0.1, 0.15) is 0 Å². The molecule has 0 aliphatic carbocycles. The third-order valence-electron chi connectivity index (χ3n) is 1.83. The first-order valence-corrected chi connectivity index (χ1v) is 7.28. The van der Waals surface area contributed by atoms with Crippen LogP contribution in [0.3, 0.4) is 0 Å². The van der Waals surface area contributed by atoms with E-state index in [1.165, 1.54) is 0 Å². The van der Waals surface area contributed by atoms with E-state index in [-0.39, 0.29) is 0 Å². The van der Waals surface area contributed by atoms with Crippen molar-refractivity contribution in [2.45, 2.75) is 19.8 Å². The minimum atomic E-state index is -3.10. The average Bonchev–Trinajstić information content (AvgIpc) is 2.20. The van der Waals surface area contributed by atoms with Gasteiger partial charge in [-0.3, -0.25) is 4.99 Å². The molecule has 0 saturated carbocycles. The summed E-state index contributed by atoms with van der Waals surface area (Å²) in [6.07, 6.45) is 3.35. The van der Waals surface area contributed by atoms with Crippen molar-refractivity contribution >= 4 is 16.0 Å². The molecule has 3 N–H and O–H groups in total. The molecular weight excluding hydrogens is 228 g/mol. The monoisotopic (exact) mass is 250 g/mol. The highest BCUT2D eigenvalue weighted by atomic mass is 32.2. The molecular formula is C9H22N4O2S. The normalized spacial score (nSPS) is 12.6. The molecule has 0 amide bonds. The Morgan fingerprint density at radius 3 is 2.31 bits per heavy atom. The zero-order chi connectivity index (χ0) is 12.4. The number of unbranched alkanes of at least 4 members (excludes halogenated alkanes) is 1. The summed E-state index contributed by atoms with van der Waals surface area (Å²) in [5.41, 5.74) is 0. The second kappa shape index (κ2) is 8.35. The lowest BCUT2D eigenvalue weighted by Crippen LogP contribution is -2.41. The molecule has 0 spiro atoms. The van der Waals surface area contributed by atoms with E-state index in [0.29, 0.717) is 19.0 Å². The van der Waals surface area contributed by atoms with Gasteiger partial charge in [-0.15, -0.1) is 0 Å². The number of guanidine groups is 1. The van der Waals surface area contributed by atoms with Crippen molar-refractivity contribution in [3.8, 4) is 0 Å². The van der Waals surface area contributed by atoms with Crippen LogP contribution in [0.2, 0.25) is 0 Å². The Morgan fingerprint density at radius 1 is 1.19 bits per heavy atom. The topological polar surface area (TPSA) is 82.6 Å². The molecule has 0 radical (unpaired) electrons. The van der Waals surface area contributed by atoms with Crippen LogP contribution in [0, 0.1) is 0 Å². The summed E-state index contributed by atoms with van der Waals surface area (Å²) in [6, 6.07) is 0. The molecule has 0 aromatic rings. The van der Waals surface area contributed by atoms with Crippen molar-refractivity contribution in [2.75, 3.05) is 32.9 Å². The summed E-state index contributed by atoms with van der Waals surface area (Å²) < 4.78 is 23.9. The fourth-order valence-corrected chi connectivity index (χ4v) is 1.49. The van der Waals surface area contributed by atoms with Gasteiger partial charge in [-0.25, -0.2) is 13.1 Å². The van der Waals surface area contributed by atoms with E-state index < -0.39 is 10.0 Å². The number of sulfonamides is 1. The lowest BCUT2D eigenvalue weighted by Gasteiger charge is -2.11. The molecule has 0 aliphatic rings. The van der Waals surface area contributed by atoms with Gasteiger partial charge in [-0.05, 0) is 6.42 Å². The van der Waals surface area contributed by atoms with E-state index >= 15 is 0 Å². The molecule has 0 aromatic heterocycles. The fraction of sp³-hybridized carbons (Fsp3) is 0.889. The van der Waals surface area contributed by atoms with Crippen LogP contribution in [-0.2, 0) is 10.0 Å². The standard InChI is InChI=1S/C9H22N4O2S/c1-4-5-6-11-9(10-2)12-7-8-13-16(3,14)15/h13H,4-8H2,1-3H3,(H2,10,11,12). The quantitative estimate of drug-likeness (QED) is 0.323. The Bertz CT molecular complexity index is 301. The lowest BCUT2D eigenvalue weighted by molar-refractivity contribution is 0.586. The van der Waals surface area contributed by atoms with Crippen molar-refractivity contribution in [1.29, 1.82) is 0 Å². The SMILES string of the molecule is CCCCNC(=NC)NCCNS(C)(=O)=O. The number of nitrogens with one attached hydrogen (secondary N) is 3. The van der Waals surface area contributed by atoms with Crippen LogP contribution < -0.4 is 15.4 Å². The fourth-order valence-electron chi connectivity index (χ4n) is 1.02. The second-order valence-electron chi connectivity index (χ2n) is 3.45. The lowest BCUT2D eigenvalue weighted by atomic mass is 10.3. The van der Waals surface area contributed by atoms with Crippen LogP contribution >= 0.6 is 0 Å². The molecule has 16 heavy (non-hydrogen) atoms. The second-order valence-corrected chi connectivity index (χ2v) is 5.28. The van der Waals surface area contributed by atoms with Crippen LogP contribution in [0.25, 0.3) is 0 Å². The molecule has 0 aromatic carbocycles. The van der Waals surface area contributed by atoms with Gasteiger partial charge in [-0.2, -0.15) is 0 Å². The van der Waals surface area contributed by atoms with Gasteiger partial charge in [0.25, 0.3) is 0 Å². The molecule has 0 fully saturated rings. The van der Waals surface area contributed by atoms with Gasteiger partial charge in [-0.1, -0.05) is 13.3 Å². The number of hydrogen-bond donors (Lipinski definition) is 3. The van der Waals surface area contributed by atoms with Crippen molar-refractivity contribution < 1.29 is 8.42 Å². The van der Waals surface area contributed by atoms with E-state index in [1.807, 2.05) is 0 Å². The third kappa shape index (κ3) is 9.72. The third-order valence-corrected chi connectivity index (χ3v) is 2.56. The maximum Gasteiger partial charge on any atom is 0.208 e. The van der Waals surface area contributed by atoms with Gasteiger partial charge in [0, 0.05) is 26.7 Å². The Labute approximate surface area is 98.0 Å². The minimum Gasteiger partial charge on any atom is -0.356 e. The van der Waals surface area contributed by atoms with Crippen molar-refractivity contribution in [3.63, 3.8) is 0 Å². The minimum absolute atomic E-state index is 0.354. The summed E-state index contributed by atoms with van der Waals surface area (Å²) >= 11 is 0. The first kappa shape index (κ1) is 15.2. The van der Waals surface area contributed by atoms with Crippen molar-refractivity contribution in [2.24, 2.45) is 4.99 Å². The highest BCUT2D eigenvalue weighted by Crippen LogP contribution is 1.82. The Kier molecular flexibility index (Phi) is 7.92. The van der Waals surface area contributed by atoms with E-state index in [1.54, 1.807) is 7.05 Å². The maximum absolute atomic E-state index is 10.8. The molecule has 0 atom stereocenters. The predicted octanol–water partition coefficient (Wildman–Crippen LogP) is -0.499. The van der Waals surface area contributed by atoms with Crippen LogP contribution in [-0.4, -0.2) is 47.3 Å². The summed E-state index contributed by atoms with van der Waals surface area (Å²) in [6.45, 7) is 3.86. The van der Waals surface area contributed by atoms with E-state index in [9.17, 15) is 8.42 Å². The van der Waals surface area contributed by atoms with Gasteiger partial charge < -0.3 is 10.6 Å². The molecule has 7 heteroatoms. The van der Waals surface area contributed by atoms with E-state index in [4.69, 9.17) is 0 Å². The highest BCUT2D eigenvalue weighted by Gasteiger charge is 1.99. The zero-order valence-electron chi connectivity index (χ0n) is 10.2. The molecule has 0 saturated heterocycles. The molecule has 0 unspecified atom stereocenters. The average molecular weight is 250 g/mol. The molecule has 0 rings (SSSR count). The van der Waals surface area contributed by atoms with Crippen LogP contribution in [0.5, 0.6) is 0 Å². The largest absolute Gasteiger partial charge is 0.356 e. The van der Waals surface area contributed by atoms with E-state index in [2.05, 4.69) is 27.3 Å². The summed E-state index contributed by atoms with van der Waals surface area (Å²) in [5.74, 6) is 0.698. The number of nitrogens with zero attached hydrogens (tertiary/aromatic N) is 1. The van der Waals surface area contributed by atoms with E-state index in [0.717, 1.165) is 25.6 Å². The maximum atomic E-state index is 10.8. The summed E-state index contributed by atoms with van der Waals surface area (Å²) in [4.78, 5) is 4.01.